The van der Waals surface area contributed by atoms with Crippen LogP contribution >= 0.6 is 0 Å². The Labute approximate surface area is 113 Å². The van der Waals surface area contributed by atoms with Gasteiger partial charge in [-0.25, -0.2) is 4.79 Å². The van der Waals surface area contributed by atoms with Crippen molar-refractivity contribution in [2.75, 3.05) is 13.7 Å². The summed E-state index contributed by atoms with van der Waals surface area (Å²) >= 11 is 0. The molecule has 19 heavy (non-hydrogen) atoms. The first-order chi connectivity index (χ1) is 9.28. The van der Waals surface area contributed by atoms with Crippen molar-refractivity contribution in [2.24, 2.45) is 0 Å². The fourth-order valence-electron chi connectivity index (χ4n) is 2.22. The van der Waals surface area contributed by atoms with Crippen molar-refractivity contribution >= 4 is 5.97 Å². The maximum atomic E-state index is 11.6. The summed E-state index contributed by atoms with van der Waals surface area (Å²) in [6.45, 7) is -0.0389. The lowest BCUT2D eigenvalue weighted by Gasteiger charge is -2.21. The Morgan fingerprint density at radius 2 is 1.74 bits per heavy atom. The summed E-state index contributed by atoms with van der Waals surface area (Å²) in [5.41, 5.74) is 0. The van der Waals surface area contributed by atoms with E-state index in [1.807, 2.05) is 0 Å². The number of carbonyl (C=O) groups excluding carboxylic acids is 1. The lowest BCUT2D eigenvalue weighted by atomic mass is 9.98. The minimum absolute atomic E-state index is 0.0389. The molecular weight excluding hydrogens is 244 g/mol. The molecule has 4 nitrogen and oxygen atoms in total. The Hall–Kier alpha value is -1.71. The monoisotopic (exact) mass is 264 g/mol. The van der Waals surface area contributed by atoms with Gasteiger partial charge in [0.25, 0.3) is 0 Å². The molecule has 2 rings (SSSR count). The standard InChI is InChI=1S/C15H20O4/c1-17-12-7-9-13(10-8-12)18-11-15(16)19-14-5-3-2-4-6-14/h7-10,14H,2-6,11H2,1H3. The van der Waals surface area contributed by atoms with Crippen molar-refractivity contribution in [3.05, 3.63) is 24.3 Å². The van der Waals surface area contributed by atoms with Gasteiger partial charge in [0.2, 0.25) is 0 Å². The van der Waals surface area contributed by atoms with Crippen LogP contribution in [0.1, 0.15) is 32.1 Å². The smallest absolute Gasteiger partial charge is 0.344 e. The van der Waals surface area contributed by atoms with Crippen LogP contribution < -0.4 is 9.47 Å². The summed E-state index contributed by atoms with van der Waals surface area (Å²) in [6, 6.07) is 7.13. The van der Waals surface area contributed by atoms with Gasteiger partial charge in [-0.15, -0.1) is 0 Å². The SMILES string of the molecule is COc1ccc(OCC(=O)OC2CCCCC2)cc1. The summed E-state index contributed by atoms with van der Waals surface area (Å²) in [4.78, 5) is 11.6. The molecule has 0 heterocycles. The molecule has 0 aliphatic heterocycles. The molecule has 1 aromatic carbocycles. The first-order valence-corrected chi connectivity index (χ1v) is 6.74. The summed E-state index contributed by atoms with van der Waals surface area (Å²) in [5.74, 6) is 1.11. The average Bonchev–Trinajstić information content (AvgIpc) is 2.47. The summed E-state index contributed by atoms with van der Waals surface area (Å²) < 4.78 is 15.8. The third-order valence-electron chi connectivity index (χ3n) is 3.27. The number of benzene rings is 1. The van der Waals surface area contributed by atoms with Crippen LogP contribution in [0.4, 0.5) is 0 Å². The Kier molecular flexibility index (Phi) is 5.07. The molecule has 0 radical (unpaired) electrons. The maximum Gasteiger partial charge on any atom is 0.344 e. The van der Waals surface area contributed by atoms with Crippen LogP contribution in [-0.2, 0) is 9.53 Å². The minimum Gasteiger partial charge on any atom is -0.497 e. The molecule has 0 N–H and O–H groups in total. The van der Waals surface area contributed by atoms with Crippen molar-refractivity contribution in [3.8, 4) is 11.5 Å². The van der Waals surface area contributed by atoms with Gasteiger partial charge in [0.05, 0.1) is 7.11 Å². The molecule has 0 aromatic heterocycles. The van der Waals surface area contributed by atoms with Crippen LogP contribution in [0.25, 0.3) is 0 Å². The number of hydrogen-bond donors (Lipinski definition) is 0. The Morgan fingerprint density at radius 1 is 1.11 bits per heavy atom. The van der Waals surface area contributed by atoms with E-state index in [1.54, 1.807) is 31.4 Å². The molecule has 1 aliphatic rings. The van der Waals surface area contributed by atoms with Crippen LogP contribution in [0.15, 0.2) is 24.3 Å². The summed E-state index contributed by atoms with van der Waals surface area (Å²) in [7, 11) is 1.61. The van der Waals surface area contributed by atoms with Gasteiger partial charge in [0.15, 0.2) is 6.61 Å². The zero-order valence-corrected chi connectivity index (χ0v) is 11.3. The molecule has 1 aromatic rings. The number of rotatable bonds is 5. The number of hydrogen-bond acceptors (Lipinski definition) is 4. The molecule has 0 saturated heterocycles. The fraction of sp³-hybridized carbons (Fsp3) is 0.533. The highest BCUT2D eigenvalue weighted by Crippen LogP contribution is 2.21. The highest BCUT2D eigenvalue weighted by molar-refractivity contribution is 5.71. The fourth-order valence-corrected chi connectivity index (χ4v) is 2.22. The second-order valence-electron chi connectivity index (χ2n) is 4.71. The van der Waals surface area contributed by atoms with Crippen molar-refractivity contribution in [1.82, 2.24) is 0 Å². The zero-order chi connectivity index (χ0) is 13.5. The Morgan fingerprint density at radius 3 is 2.37 bits per heavy atom. The maximum absolute atomic E-state index is 11.6. The molecular formula is C15H20O4. The van der Waals surface area contributed by atoms with E-state index < -0.39 is 0 Å². The second kappa shape index (κ2) is 7.02. The molecule has 104 valence electrons. The molecule has 1 saturated carbocycles. The lowest BCUT2D eigenvalue weighted by Crippen LogP contribution is -2.24. The van der Waals surface area contributed by atoms with E-state index in [0.29, 0.717) is 5.75 Å². The van der Waals surface area contributed by atoms with Gasteiger partial charge in [-0.2, -0.15) is 0 Å². The van der Waals surface area contributed by atoms with Gasteiger partial charge in [-0.05, 0) is 49.9 Å². The van der Waals surface area contributed by atoms with Crippen LogP contribution in [0.3, 0.4) is 0 Å². The highest BCUT2D eigenvalue weighted by Gasteiger charge is 2.17. The van der Waals surface area contributed by atoms with Crippen molar-refractivity contribution in [1.29, 1.82) is 0 Å². The van der Waals surface area contributed by atoms with E-state index in [4.69, 9.17) is 14.2 Å². The molecule has 0 spiro atoms. The van der Waals surface area contributed by atoms with Gasteiger partial charge in [0, 0.05) is 0 Å². The normalized spacial score (nSPS) is 15.8. The van der Waals surface area contributed by atoms with Gasteiger partial charge < -0.3 is 14.2 Å². The van der Waals surface area contributed by atoms with E-state index in [-0.39, 0.29) is 18.7 Å². The van der Waals surface area contributed by atoms with E-state index in [9.17, 15) is 4.79 Å². The van der Waals surface area contributed by atoms with Crippen molar-refractivity contribution in [2.45, 2.75) is 38.2 Å². The quantitative estimate of drug-likeness (QED) is 0.767. The topological polar surface area (TPSA) is 44.8 Å². The zero-order valence-electron chi connectivity index (χ0n) is 11.3. The predicted molar refractivity (Wildman–Crippen MR) is 71.5 cm³/mol. The van der Waals surface area contributed by atoms with Crippen LogP contribution in [0.2, 0.25) is 0 Å². The van der Waals surface area contributed by atoms with Crippen LogP contribution in [-0.4, -0.2) is 25.8 Å². The molecule has 0 bridgehead atoms. The Bertz CT molecular complexity index is 393. The van der Waals surface area contributed by atoms with Gasteiger partial charge in [0.1, 0.15) is 17.6 Å². The first-order valence-electron chi connectivity index (χ1n) is 6.74. The largest absolute Gasteiger partial charge is 0.497 e. The third kappa shape index (κ3) is 4.47. The molecule has 1 aliphatic carbocycles. The second-order valence-corrected chi connectivity index (χ2v) is 4.71. The van der Waals surface area contributed by atoms with E-state index in [2.05, 4.69) is 0 Å². The number of esters is 1. The molecule has 4 heteroatoms. The third-order valence-corrected chi connectivity index (χ3v) is 3.27. The van der Waals surface area contributed by atoms with E-state index in [0.717, 1.165) is 31.4 Å². The summed E-state index contributed by atoms with van der Waals surface area (Å²) in [6.07, 6.45) is 5.59. The predicted octanol–water partition coefficient (Wildman–Crippen LogP) is 2.95. The van der Waals surface area contributed by atoms with Crippen molar-refractivity contribution < 1.29 is 19.0 Å². The molecule has 1 fully saturated rings. The molecule has 0 unspecified atom stereocenters. The van der Waals surface area contributed by atoms with Crippen LogP contribution in [0.5, 0.6) is 11.5 Å². The number of carbonyl (C=O) groups is 1. The molecule has 0 atom stereocenters. The Balaban J connectivity index is 1.72. The van der Waals surface area contributed by atoms with E-state index >= 15 is 0 Å². The van der Waals surface area contributed by atoms with Crippen molar-refractivity contribution in [3.63, 3.8) is 0 Å². The van der Waals surface area contributed by atoms with Gasteiger partial charge >= 0.3 is 5.97 Å². The summed E-state index contributed by atoms with van der Waals surface area (Å²) in [5, 5.41) is 0. The first kappa shape index (κ1) is 13.7. The van der Waals surface area contributed by atoms with Gasteiger partial charge in [-0.3, -0.25) is 0 Å². The molecule has 0 amide bonds. The van der Waals surface area contributed by atoms with Gasteiger partial charge in [-0.1, -0.05) is 6.42 Å². The van der Waals surface area contributed by atoms with Crippen LogP contribution in [0, 0.1) is 0 Å². The van der Waals surface area contributed by atoms with E-state index in [1.165, 1.54) is 6.42 Å². The average molecular weight is 264 g/mol. The minimum atomic E-state index is -0.289. The highest BCUT2D eigenvalue weighted by atomic mass is 16.6. The number of methoxy groups -OCH3 is 1. The number of ether oxygens (including phenoxy) is 3. The lowest BCUT2D eigenvalue weighted by molar-refractivity contribution is -0.152.